The van der Waals surface area contributed by atoms with Crippen molar-refractivity contribution in [2.75, 3.05) is 13.7 Å². The molecule has 8 heteroatoms. The van der Waals surface area contributed by atoms with Crippen molar-refractivity contribution in [2.24, 2.45) is 0 Å². The number of rotatable bonds is 7. The van der Waals surface area contributed by atoms with Crippen molar-refractivity contribution in [1.29, 1.82) is 0 Å². The maximum atomic E-state index is 10.1. The molecule has 2 aromatic heterocycles. The van der Waals surface area contributed by atoms with Crippen LogP contribution in [0.25, 0.3) is 11.4 Å². The molecule has 0 saturated heterocycles. The van der Waals surface area contributed by atoms with Gasteiger partial charge in [0.05, 0.1) is 13.7 Å². The molecule has 0 fully saturated rings. The summed E-state index contributed by atoms with van der Waals surface area (Å²) in [6, 6.07) is 10.8. The Balaban J connectivity index is 1.53. The van der Waals surface area contributed by atoms with Crippen LogP contribution in [-0.4, -0.2) is 50.1 Å². The van der Waals surface area contributed by atoms with E-state index < -0.39 is 6.10 Å². The van der Waals surface area contributed by atoms with E-state index in [0.29, 0.717) is 11.6 Å². The van der Waals surface area contributed by atoms with Gasteiger partial charge in [-0.1, -0.05) is 0 Å². The second-order valence-corrected chi connectivity index (χ2v) is 5.05. The van der Waals surface area contributed by atoms with Crippen molar-refractivity contribution in [3.8, 4) is 22.9 Å². The predicted molar refractivity (Wildman–Crippen MR) is 85.5 cm³/mol. The summed E-state index contributed by atoms with van der Waals surface area (Å²) in [7, 11) is 1.60. The van der Waals surface area contributed by atoms with Crippen molar-refractivity contribution >= 4 is 0 Å². The van der Waals surface area contributed by atoms with E-state index in [1.165, 1.54) is 4.80 Å². The molecule has 2 heterocycles. The third kappa shape index (κ3) is 4.05. The van der Waals surface area contributed by atoms with E-state index in [4.69, 9.17) is 9.47 Å². The SMILES string of the molecule is COc1ccc(OC[C@H](O)Cn2nnc(-c3cccnc3)n2)cc1. The monoisotopic (exact) mass is 327 g/mol. The fourth-order valence-corrected chi connectivity index (χ4v) is 2.04. The first-order valence-corrected chi connectivity index (χ1v) is 7.38. The van der Waals surface area contributed by atoms with Gasteiger partial charge in [-0.05, 0) is 41.6 Å². The summed E-state index contributed by atoms with van der Waals surface area (Å²) in [5, 5.41) is 22.2. The average Bonchev–Trinajstić information content (AvgIpc) is 3.09. The second-order valence-electron chi connectivity index (χ2n) is 5.05. The lowest BCUT2D eigenvalue weighted by Gasteiger charge is -2.11. The van der Waals surface area contributed by atoms with Crippen LogP contribution in [0.4, 0.5) is 0 Å². The number of tetrazole rings is 1. The zero-order chi connectivity index (χ0) is 16.8. The van der Waals surface area contributed by atoms with E-state index in [1.807, 2.05) is 6.07 Å². The number of aliphatic hydroxyl groups excluding tert-OH is 1. The summed E-state index contributed by atoms with van der Waals surface area (Å²) in [4.78, 5) is 5.35. The van der Waals surface area contributed by atoms with Crippen LogP contribution in [0.15, 0.2) is 48.8 Å². The lowest BCUT2D eigenvalue weighted by molar-refractivity contribution is 0.0849. The molecular weight excluding hydrogens is 310 g/mol. The molecule has 0 radical (unpaired) electrons. The molecule has 0 aliphatic rings. The lowest BCUT2D eigenvalue weighted by Crippen LogP contribution is -2.24. The predicted octanol–water partition coefficient (Wildman–Crippen LogP) is 1.18. The van der Waals surface area contributed by atoms with Crippen LogP contribution in [0.1, 0.15) is 0 Å². The Bertz CT molecular complexity index is 761. The van der Waals surface area contributed by atoms with Crippen LogP contribution < -0.4 is 9.47 Å². The van der Waals surface area contributed by atoms with Crippen molar-refractivity contribution in [1.82, 2.24) is 25.2 Å². The van der Waals surface area contributed by atoms with Gasteiger partial charge in [-0.25, -0.2) is 0 Å². The third-order valence-corrected chi connectivity index (χ3v) is 3.25. The molecule has 3 aromatic rings. The Labute approximate surface area is 138 Å². The minimum Gasteiger partial charge on any atom is -0.497 e. The topological polar surface area (TPSA) is 95.2 Å². The summed E-state index contributed by atoms with van der Waals surface area (Å²) >= 11 is 0. The number of nitrogens with zero attached hydrogens (tertiary/aromatic N) is 5. The van der Waals surface area contributed by atoms with Gasteiger partial charge in [-0.2, -0.15) is 4.80 Å². The number of hydrogen-bond acceptors (Lipinski definition) is 7. The lowest BCUT2D eigenvalue weighted by atomic mass is 10.3. The quantitative estimate of drug-likeness (QED) is 0.696. The van der Waals surface area contributed by atoms with Gasteiger partial charge < -0.3 is 14.6 Å². The molecular formula is C16H17N5O3. The summed E-state index contributed by atoms with van der Waals surface area (Å²) in [5.41, 5.74) is 0.771. The number of ether oxygens (including phenoxy) is 2. The first kappa shape index (κ1) is 15.9. The zero-order valence-corrected chi connectivity index (χ0v) is 13.1. The molecule has 0 aliphatic heterocycles. The Morgan fingerprint density at radius 1 is 1.17 bits per heavy atom. The van der Waals surface area contributed by atoms with Gasteiger partial charge in [-0.3, -0.25) is 4.98 Å². The minimum absolute atomic E-state index is 0.121. The first-order valence-electron chi connectivity index (χ1n) is 7.38. The van der Waals surface area contributed by atoms with Gasteiger partial charge in [0.15, 0.2) is 0 Å². The number of benzene rings is 1. The van der Waals surface area contributed by atoms with E-state index in [1.54, 1.807) is 49.8 Å². The fourth-order valence-electron chi connectivity index (χ4n) is 2.04. The number of aliphatic hydroxyl groups is 1. The smallest absolute Gasteiger partial charge is 0.206 e. The first-order chi connectivity index (χ1) is 11.7. The zero-order valence-electron chi connectivity index (χ0n) is 13.1. The Hall–Kier alpha value is -3.00. The van der Waals surface area contributed by atoms with Crippen LogP contribution in [0.5, 0.6) is 11.5 Å². The van der Waals surface area contributed by atoms with Crippen LogP contribution in [0.3, 0.4) is 0 Å². The Morgan fingerprint density at radius 2 is 1.96 bits per heavy atom. The van der Waals surface area contributed by atoms with Gasteiger partial charge >= 0.3 is 0 Å². The normalized spacial score (nSPS) is 11.9. The van der Waals surface area contributed by atoms with E-state index >= 15 is 0 Å². The summed E-state index contributed by atoms with van der Waals surface area (Å²) in [5.74, 6) is 1.86. The van der Waals surface area contributed by atoms with Gasteiger partial charge in [0.25, 0.3) is 0 Å². The van der Waals surface area contributed by atoms with Crippen molar-refractivity contribution in [3.63, 3.8) is 0 Å². The van der Waals surface area contributed by atoms with Crippen molar-refractivity contribution in [2.45, 2.75) is 12.6 Å². The van der Waals surface area contributed by atoms with E-state index in [-0.39, 0.29) is 13.2 Å². The molecule has 0 saturated carbocycles. The molecule has 0 spiro atoms. The van der Waals surface area contributed by atoms with E-state index in [0.717, 1.165) is 11.3 Å². The summed E-state index contributed by atoms with van der Waals surface area (Å²) in [6.45, 7) is 0.305. The van der Waals surface area contributed by atoms with E-state index in [2.05, 4.69) is 20.4 Å². The number of methoxy groups -OCH3 is 1. The van der Waals surface area contributed by atoms with Crippen LogP contribution in [0, 0.1) is 0 Å². The molecule has 24 heavy (non-hydrogen) atoms. The van der Waals surface area contributed by atoms with Crippen molar-refractivity contribution in [3.05, 3.63) is 48.8 Å². The highest BCUT2D eigenvalue weighted by Gasteiger charge is 2.11. The molecule has 3 rings (SSSR count). The number of aromatic nitrogens is 5. The highest BCUT2D eigenvalue weighted by Crippen LogP contribution is 2.17. The highest BCUT2D eigenvalue weighted by atomic mass is 16.5. The fraction of sp³-hybridized carbons (Fsp3) is 0.250. The molecule has 0 amide bonds. The van der Waals surface area contributed by atoms with Crippen LogP contribution in [-0.2, 0) is 6.54 Å². The molecule has 1 aromatic carbocycles. The second kappa shape index (κ2) is 7.51. The minimum atomic E-state index is -0.761. The standard InChI is InChI=1S/C16H17N5O3/c1-23-14-4-6-15(7-5-14)24-11-13(22)10-21-19-16(18-20-21)12-3-2-8-17-9-12/h2-9,13,22H,10-11H2,1H3/t13-/m1/s1. The van der Waals surface area contributed by atoms with Gasteiger partial charge in [0, 0.05) is 18.0 Å². The molecule has 1 atom stereocenters. The maximum absolute atomic E-state index is 10.1. The van der Waals surface area contributed by atoms with E-state index in [9.17, 15) is 5.11 Å². The largest absolute Gasteiger partial charge is 0.497 e. The van der Waals surface area contributed by atoms with Crippen molar-refractivity contribution < 1.29 is 14.6 Å². The molecule has 0 unspecified atom stereocenters. The van der Waals surface area contributed by atoms with Gasteiger partial charge in [-0.15, -0.1) is 10.2 Å². The third-order valence-electron chi connectivity index (χ3n) is 3.25. The molecule has 0 aliphatic carbocycles. The highest BCUT2D eigenvalue weighted by molar-refractivity contribution is 5.51. The Morgan fingerprint density at radius 3 is 2.67 bits per heavy atom. The number of pyridine rings is 1. The van der Waals surface area contributed by atoms with Crippen LogP contribution in [0.2, 0.25) is 0 Å². The molecule has 124 valence electrons. The molecule has 1 N–H and O–H groups in total. The van der Waals surface area contributed by atoms with Gasteiger partial charge in [0.2, 0.25) is 5.82 Å². The molecule has 0 bridgehead atoms. The van der Waals surface area contributed by atoms with Crippen LogP contribution >= 0.6 is 0 Å². The molecule has 8 nitrogen and oxygen atoms in total. The van der Waals surface area contributed by atoms with Gasteiger partial charge in [0.1, 0.15) is 24.2 Å². The summed E-state index contributed by atoms with van der Waals surface area (Å²) in [6.07, 6.45) is 2.57. The number of hydrogen-bond donors (Lipinski definition) is 1. The maximum Gasteiger partial charge on any atom is 0.206 e. The summed E-state index contributed by atoms with van der Waals surface area (Å²) < 4.78 is 10.6. The Kier molecular flexibility index (Phi) is 4.97. The average molecular weight is 327 g/mol.